The Kier molecular flexibility index (Phi) is 7.21. The molecule has 1 aliphatic heterocycles. The van der Waals surface area contributed by atoms with Crippen LogP contribution in [0.2, 0.25) is 0 Å². The number of ketones is 1. The molecule has 4 aliphatic carbocycles. The third-order valence-corrected chi connectivity index (χ3v) is 12.7. The lowest BCUT2D eigenvalue weighted by Gasteiger charge is -2.63. The van der Waals surface area contributed by atoms with E-state index in [1.165, 1.54) is 6.08 Å². The number of aliphatic hydroxyl groups is 1. The SMILES string of the molecule is CCOC(=O)CSC(=O)C12ON(Cc3cccs3)CC1CC1C3CC(C)C4=CC(=O)C=CC4(C)C3(F)C(O)CC12C. The van der Waals surface area contributed by atoms with Gasteiger partial charge in [-0.3, -0.25) is 19.2 Å². The molecule has 0 aromatic carbocycles. The molecule has 0 radical (unpaired) electrons. The van der Waals surface area contributed by atoms with Gasteiger partial charge < -0.3 is 9.84 Å². The largest absolute Gasteiger partial charge is 0.465 e. The fourth-order valence-electron chi connectivity index (χ4n) is 9.16. The zero-order valence-electron chi connectivity index (χ0n) is 23.9. The molecule has 2 heterocycles. The lowest BCUT2D eigenvalue weighted by Crippen LogP contribution is -2.70. The third-order valence-electron chi connectivity index (χ3n) is 10.9. The van der Waals surface area contributed by atoms with Crippen molar-refractivity contribution in [1.82, 2.24) is 5.06 Å². The summed E-state index contributed by atoms with van der Waals surface area (Å²) in [6, 6.07) is 4.00. The maximum Gasteiger partial charge on any atom is 0.316 e. The predicted octanol–water partition coefficient (Wildman–Crippen LogP) is 4.90. The number of esters is 1. The fraction of sp³-hybridized carbons (Fsp3) is 0.645. The highest BCUT2D eigenvalue weighted by atomic mass is 32.2. The van der Waals surface area contributed by atoms with E-state index in [4.69, 9.17) is 9.57 Å². The average molecular weight is 604 g/mol. The van der Waals surface area contributed by atoms with Crippen molar-refractivity contribution in [2.75, 3.05) is 18.9 Å². The van der Waals surface area contributed by atoms with Gasteiger partial charge in [-0.1, -0.05) is 43.3 Å². The van der Waals surface area contributed by atoms with Gasteiger partial charge in [0, 0.05) is 34.1 Å². The van der Waals surface area contributed by atoms with Crippen LogP contribution in [-0.4, -0.2) is 63.3 Å². The summed E-state index contributed by atoms with van der Waals surface area (Å²) in [7, 11) is 0. The molecule has 10 heteroatoms. The molecule has 1 N–H and O–H groups in total. The van der Waals surface area contributed by atoms with Crippen LogP contribution >= 0.6 is 23.1 Å². The van der Waals surface area contributed by atoms with Crippen LogP contribution in [0.25, 0.3) is 0 Å². The van der Waals surface area contributed by atoms with E-state index in [9.17, 15) is 19.5 Å². The summed E-state index contributed by atoms with van der Waals surface area (Å²) in [6.07, 6.45) is 4.35. The number of nitrogens with zero attached hydrogens (tertiary/aromatic N) is 1. The number of thioether (sulfide) groups is 1. The summed E-state index contributed by atoms with van der Waals surface area (Å²) in [5.41, 5.74) is -4.56. The minimum Gasteiger partial charge on any atom is -0.465 e. The first kappa shape index (κ1) is 29.2. The van der Waals surface area contributed by atoms with E-state index in [0.29, 0.717) is 25.9 Å². The first-order chi connectivity index (χ1) is 19.4. The predicted molar refractivity (Wildman–Crippen MR) is 154 cm³/mol. The molecule has 1 aromatic rings. The van der Waals surface area contributed by atoms with E-state index in [2.05, 4.69) is 0 Å². The van der Waals surface area contributed by atoms with Crippen molar-refractivity contribution in [2.24, 2.45) is 34.5 Å². The summed E-state index contributed by atoms with van der Waals surface area (Å²) in [5.74, 6) is -1.80. The zero-order valence-corrected chi connectivity index (χ0v) is 25.6. The third kappa shape index (κ3) is 4.04. The molecule has 4 fully saturated rings. The van der Waals surface area contributed by atoms with E-state index in [0.717, 1.165) is 22.2 Å². The minimum absolute atomic E-state index is 0.0404. The van der Waals surface area contributed by atoms with Crippen LogP contribution in [0.1, 0.15) is 51.8 Å². The Balaban J connectivity index is 1.39. The van der Waals surface area contributed by atoms with E-state index < -0.39 is 40.1 Å². The Labute approximate surface area is 248 Å². The number of fused-ring (bicyclic) bond motifs is 7. The van der Waals surface area contributed by atoms with Crippen molar-refractivity contribution in [3.05, 3.63) is 46.2 Å². The van der Waals surface area contributed by atoms with E-state index in [1.54, 1.807) is 30.4 Å². The maximum atomic E-state index is 17.8. The molecule has 1 aromatic heterocycles. The van der Waals surface area contributed by atoms with Crippen LogP contribution in [0.3, 0.4) is 0 Å². The topological polar surface area (TPSA) is 93.1 Å². The van der Waals surface area contributed by atoms with Crippen molar-refractivity contribution in [3.63, 3.8) is 0 Å². The number of carbonyl (C=O) groups excluding carboxylic acids is 3. The van der Waals surface area contributed by atoms with Crippen LogP contribution in [0.15, 0.2) is 41.3 Å². The van der Waals surface area contributed by atoms with E-state index in [-0.39, 0.29) is 47.4 Å². The number of allylic oxidation sites excluding steroid dienone is 4. The highest BCUT2D eigenvalue weighted by Gasteiger charge is 2.79. The second-order valence-corrected chi connectivity index (χ2v) is 14.8. The lowest BCUT2D eigenvalue weighted by molar-refractivity contribution is -0.265. The van der Waals surface area contributed by atoms with Crippen molar-refractivity contribution in [3.8, 4) is 0 Å². The van der Waals surface area contributed by atoms with Crippen molar-refractivity contribution >= 4 is 40.0 Å². The Morgan fingerprint density at radius 2 is 2.07 bits per heavy atom. The van der Waals surface area contributed by atoms with Crippen molar-refractivity contribution in [2.45, 2.75) is 70.9 Å². The maximum absolute atomic E-state index is 17.8. The molecular weight excluding hydrogens is 565 g/mol. The second kappa shape index (κ2) is 10.1. The Morgan fingerprint density at radius 3 is 2.78 bits per heavy atom. The van der Waals surface area contributed by atoms with Gasteiger partial charge >= 0.3 is 5.97 Å². The van der Waals surface area contributed by atoms with E-state index in [1.807, 2.05) is 43.3 Å². The van der Waals surface area contributed by atoms with Gasteiger partial charge in [0.15, 0.2) is 17.1 Å². The molecule has 0 bridgehead atoms. The zero-order chi connectivity index (χ0) is 29.4. The number of hydroxylamine groups is 2. The van der Waals surface area contributed by atoms with Crippen LogP contribution in [0.4, 0.5) is 4.39 Å². The molecule has 1 saturated heterocycles. The molecule has 0 spiro atoms. The lowest BCUT2D eigenvalue weighted by atomic mass is 9.43. The van der Waals surface area contributed by atoms with Crippen molar-refractivity contribution < 1.29 is 33.5 Å². The average Bonchev–Trinajstić information content (AvgIpc) is 3.62. The van der Waals surface area contributed by atoms with Gasteiger partial charge in [0.1, 0.15) is 0 Å². The molecule has 6 rings (SSSR count). The molecule has 9 atom stereocenters. The number of rotatable bonds is 6. The molecular formula is C31H38FNO6S2. The summed E-state index contributed by atoms with van der Waals surface area (Å²) in [4.78, 5) is 46.6. The molecule has 9 unspecified atom stereocenters. The Hall–Kier alpha value is -1.85. The van der Waals surface area contributed by atoms with Crippen LogP contribution in [0.5, 0.6) is 0 Å². The molecule has 222 valence electrons. The van der Waals surface area contributed by atoms with Gasteiger partial charge in [-0.2, -0.15) is 5.06 Å². The normalized spacial score (nSPS) is 43.1. The summed E-state index contributed by atoms with van der Waals surface area (Å²) < 4.78 is 22.8. The number of thiophene rings is 1. The van der Waals surface area contributed by atoms with E-state index >= 15 is 4.39 Å². The second-order valence-electron chi connectivity index (χ2n) is 12.8. The van der Waals surface area contributed by atoms with Crippen LogP contribution in [0, 0.1) is 34.5 Å². The number of alkyl halides is 1. The van der Waals surface area contributed by atoms with Gasteiger partial charge in [0.25, 0.3) is 0 Å². The van der Waals surface area contributed by atoms with Crippen LogP contribution in [-0.2, 0) is 30.5 Å². The van der Waals surface area contributed by atoms with Gasteiger partial charge in [0.05, 0.1) is 25.0 Å². The number of hydrogen-bond acceptors (Lipinski definition) is 9. The first-order valence-electron chi connectivity index (χ1n) is 14.5. The number of hydrogen-bond donors (Lipinski definition) is 1. The number of aliphatic hydroxyl groups excluding tert-OH is 1. The standard InChI is InChI=1S/C31H38FNO6S2/c1-5-38-26(36)17-41-27(37)31-19(15-33(39-31)16-21-7-6-10-40-21)12-23-24-11-18(2)22-13-20(34)8-9-28(22,3)30(24,32)25(35)14-29(23,31)4/h6-10,13,18-19,23-25,35H,5,11-12,14-17H2,1-4H3. The highest BCUT2D eigenvalue weighted by Crippen LogP contribution is 2.73. The Bertz CT molecular complexity index is 1320. The van der Waals surface area contributed by atoms with Crippen LogP contribution < -0.4 is 0 Å². The van der Waals surface area contributed by atoms with Gasteiger partial charge in [0.2, 0.25) is 5.12 Å². The highest BCUT2D eigenvalue weighted by molar-refractivity contribution is 8.14. The molecule has 3 saturated carbocycles. The molecule has 41 heavy (non-hydrogen) atoms. The monoisotopic (exact) mass is 603 g/mol. The number of halogens is 1. The summed E-state index contributed by atoms with van der Waals surface area (Å²) in [5, 5.41) is 15.4. The first-order valence-corrected chi connectivity index (χ1v) is 16.4. The van der Waals surface area contributed by atoms with Gasteiger partial charge in [-0.25, -0.2) is 4.39 Å². The van der Waals surface area contributed by atoms with Gasteiger partial charge in [-0.15, -0.1) is 11.3 Å². The minimum atomic E-state index is -2.00. The molecule has 0 amide bonds. The van der Waals surface area contributed by atoms with Gasteiger partial charge in [-0.05, 0) is 68.5 Å². The van der Waals surface area contributed by atoms with Crippen molar-refractivity contribution in [1.29, 1.82) is 0 Å². The number of ether oxygens (including phenoxy) is 1. The summed E-state index contributed by atoms with van der Waals surface area (Å²) in [6.45, 7) is 8.79. The fourth-order valence-corrected chi connectivity index (χ4v) is 10.9. The Morgan fingerprint density at radius 1 is 1.29 bits per heavy atom. The molecule has 5 aliphatic rings. The quantitative estimate of drug-likeness (QED) is 0.459. The summed E-state index contributed by atoms with van der Waals surface area (Å²) >= 11 is 2.52. The smallest absolute Gasteiger partial charge is 0.316 e. The molecule has 7 nitrogen and oxygen atoms in total. The number of carbonyl (C=O) groups is 3.